The van der Waals surface area contributed by atoms with Crippen molar-refractivity contribution in [1.82, 2.24) is 5.32 Å². The number of nitrogens with one attached hydrogen (secondary N) is 4. The van der Waals surface area contributed by atoms with E-state index in [9.17, 15) is 28.8 Å². The Morgan fingerprint density at radius 2 is 1.38 bits per heavy atom. The van der Waals surface area contributed by atoms with Crippen molar-refractivity contribution in [2.24, 2.45) is 0 Å². The minimum absolute atomic E-state index is 0.103. The Labute approximate surface area is 324 Å². The Morgan fingerprint density at radius 3 is 2.07 bits per heavy atom. The second-order valence-electron chi connectivity index (χ2n) is 12.0. The van der Waals surface area contributed by atoms with Gasteiger partial charge in [0.05, 0.1) is 10.4 Å². The van der Waals surface area contributed by atoms with Gasteiger partial charge in [0.1, 0.15) is 27.8 Å². The fourth-order valence-electron chi connectivity index (χ4n) is 5.41. The summed E-state index contributed by atoms with van der Waals surface area (Å²) in [5.41, 5.74) is 2.49. The van der Waals surface area contributed by atoms with Crippen molar-refractivity contribution in [1.29, 1.82) is 5.26 Å². The van der Waals surface area contributed by atoms with Crippen LogP contribution in [0, 0.1) is 24.1 Å². The van der Waals surface area contributed by atoms with Gasteiger partial charge in [-0.2, -0.15) is 5.26 Å². The number of carbonyl (C=O) groups excluding carboxylic acids is 4. The van der Waals surface area contributed by atoms with Gasteiger partial charge in [-0.25, -0.2) is 4.39 Å². The van der Waals surface area contributed by atoms with Crippen LogP contribution in [0.2, 0.25) is 0 Å². The molecule has 5 aromatic carbocycles. The van der Waals surface area contributed by atoms with E-state index >= 15 is 0 Å². The molecule has 1 atom stereocenters. The molecule has 0 saturated carbocycles. The Morgan fingerprint density at radius 1 is 0.745 bits per heavy atom. The summed E-state index contributed by atoms with van der Waals surface area (Å²) in [5, 5.41) is 20.6. The van der Waals surface area contributed by atoms with E-state index in [1.54, 1.807) is 91.9 Å². The van der Waals surface area contributed by atoms with Gasteiger partial charge in [-0.1, -0.05) is 91.0 Å². The van der Waals surface area contributed by atoms with Gasteiger partial charge < -0.3 is 21.3 Å². The molecule has 1 unspecified atom stereocenters. The minimum Gasteiger partial charge on any atom is -0.321 e. The third-order valence-electron chi connectivity index (χ3n) is 8.15. The molecule has 9 nitrogen and oxygen atoms in total. The highest BCUT2D eigenvalue weighted by atomic mass is 32.2. The molecule has 1 heterocycles. The smallest absolute Gasteiger partial charge is 0.272 e. The molecule has 0 saturated heterocycles. The lowest BCUT2D eigenvalue weighted by Crippen LogP contribution is -2.30. The van der Waals surface area contributed by atoms with Crippen LogP contribution in [0.25, 0.3) is 6.08 Å². The molecule has 1 aromatic heterocycles. The fourth-order valence-corrected chi connectivity index (χ4v) is 7.55. The molecule has 0 radical (unpaired) electrons. The van der Waals surface area contributed by atoms with Crippen molar-refractivity contribution in [3.05, 3.63) is 184 Å². The van der Waals surface area contributed by atoms with Crippen molar-refractivity contribution in [2.45, 2.75) is 17.1 Å². The maximum Gasteiger partial charge on any atom is 0.272 e. The summed E-state index contributed by atoms with van der Waals surface area (Å²) in [5.74, 6) is -2.65. The van der Waals surface area contributed by atoms with Gasteiger partial charge in [0, 0.05) is 27.4 Å². The summed E-state index contributed by atoms with van der Waals surface area (Å²) in [6, 6.07) is 41.1. The van der Waals surface area contributed by atoms with Crippen molar-refractivity contribution in [3.63, 3.8) is 0 Å². The SMILES string of the molecule is Cc1c(C(=O)Nc2ccccc2)sc(NC(=O)C(Sc2cccc(NC(=O)/C(=C/c3ccccc3F)NC(=O)c3ccccc3)c2)c2ccccc2)c1C#N. The number of hydrogen-bond acceptors (Lipinski definition) is 7. The largest absolute Gasteiger partial charge is 0.321 e. The number of thiophene rings is 1. The van der Waals surface area contributed by atoms with E-state index < -0.39 is 34.7 Å². The maximum atomic E-state index is 14.6. The molecule has 0 aliphatic heterocycles. The Kier molecular flexibility index (Phi) is 12.3. The number of rotatable bonds is 12. The Balaban J connectivity index is 1.23. The van der Waals surface area contributed by atoms with Crippen LogP contribution in [0.1, 0.15) is 47.5 Å². The first-order chi connectivity index (χ1) is 26.7. The molecule has 0 bridgehead atoms. The quantitative estimate of drug-likeness (QED) is 0.0724. The van der Waals surface area contributed by atoms with Crippen molar-refractivity contribution >= 4 is 69.2 Å². The van der Waals surface area contributed by atoms with Crippen molar-refractivity contribution in [2.75, 3.05) is 16.0 Å². The molecule has 0 fully saturated rings. The van der Waals surface area contributed by atoms with E-state index in [1.807, 2.05) is 36.4 Å². The number of halogens is 1. The molecule has 6 rings (SSSR count). The van der Waals surface area contributed by atoms with Gasteiger partial charge in [0.25, 0.3) is 17.7 Å². The molecule has 12 heteroatoms. The Hall–Kier alpha value is -6.81. The molecular weight excluding hydrogens is 734 g/mol. The predicted octanol–water partition coefficient (Wildman–Crippen LogP) is 9.20. The van der Waals surface area contributed by atoms with Gasteiger partial charge in [-0.15, -0.1) is 23.1 Å². The highest BCUT2D eigenvalue weighted by Gasteiger charge is 2.27. The minimum atomic E-state index is -0.815. The second-order valence-corrected chi connectivity index (χ2v) is 14.2. The lowest BCUT2D eigenvalue weighted by Gasteiger charge is -2.17. The number of hydrogen-bond donors (Lipinski definition) is 4. The van der Waals surface area contributed by atoms with Crippen LogP contribution in [0.15, 0.2) is 150 Å². The molecule has 272 valence electrons. The Bertz CT molecular complexity index is 2430. The molecular formula is C43H32FN5O4S2. The summed E-state index contributed by atoms with van der Waals surface area (Å²) in [4.78, 5) is 54.9. The van der Waals surface area contributed by atoms with E-state index in [0.717, 1.165) is 11.3 Å². The first kappa shape index (κ1) is 37.9. The summed E-state index contributed by atoms with van der Waals surface area (Å²) in [7, 11) is 0. The number of nitrogens with zero attached hydrogens (tertiary/aromatic N) is 1. The van der Waals surface area contributed by atoms with Crippen LogP contribution in [0.3, 0.4) is 0 Å². The van der Waals surface area contributed by atoms with E-state index in [4.69, 9.17) is 0 Å². The molecule has 0 aliphatic rings. The number of anilines is 3. The summed E-state index contributed by atoms with van der Waals surface area (Å²) in [6.45, 7) is 1.66. The monoisotopic (exact) mass is 765 g/mol. The molecule has 6 aromatic rings. The number of amides is 4. The van der Waals surface area contributed by atoms with Crippen LogP contribution in [0.4, 0.5) is 20.8 Å². The molecule has 0 spiro atoms. The molecule has 0 aliphatic carbocycles. The van der Waals surface area contributed by atoms with E-state index in [-0.39, 0.29) is 21.8 Å². The van der Waals surface area contributed by atoms with Crippen molar-refractivity contribution in [3.8, 4) is 6.07 Å². The lowest BCUT2D eigenvalue weighted by molar-refractivity contribution is -0.116. The number of para-hydroxylation sites is 1. The summed E-state index contributed by atoms with van der Waals surface area (Å²) in [6.07, 6.45) is 1.26. The zero-order chi connectivity index (χ0) is 38.7. The van der Waals surface area contributed by atoms with Gasteiger partial charge in [-0.3, -0.25) is 19.2 Å². The molecule has 4 amide bonds. The average Bonchev–Trinajstić information content (AvgIpc) is 3.52. The highest BCUT2D eigenvalue weighted by Crippen LogP contribution is 2.39. The number of nitriles is 1. The zero-order valence-electron chi connectivity index (χ0n) is 29.2. The first-order valence-corrected chi connectivity index (χ1v) is 18.6. The fraction of sp³-hybridized carbons (Fsp3) is 0.0465. The van der Waals surface area contributed by atoms with Gasteiger partial charge in [0.2, 0.25) is 5.91 Å². The van der Waals surface area contributed by atoms with E-state index in [0.29, 0.717) is 37.8 Å². The van der Waals surface area contributed by atoms with Crippen LogP contribution in [0.5, 0.6) is 0 Å². The first-order valence-electron chi connectivity index (χ1n) is 16.9. The highest BCUT2D eigenvalue weighted by molar-refractivity contribution is 8.00. The van der Waals surface area contributed by atoms with Gasteiger partial charge in [0.15, 0.2) is 0 Å². The number of thioether (sulfide) groups is 1. The summed E-state index contributed by atoms with van der Waals surface area (Å²) < 4.78 is 14.6. The van der Waals surface area contributed by atoms with Crippen LogP contribution < -0.4 is 21.3 Å². The lowest BCUT2D eigenvalue weighted by atomic mass is 10.1. The average molecular weight is 766 g/mol. The summed E-state index contributed by atoms with van der Waals surface area (Å²) >= 11 is 2.23. The number of benzene rings is 5. The van der Waals surface area contributed by atoms with Gasteiger partial charge >= 0.3 is 0 Å². The van der Waals surface area contributed by atoms with Gasteiger partial charge in [-0.05, 0) is 72.7 Å². The molecule has 55 heavy (non-hydrogen) atoms. The topological polar surface area (TPSA) is 140 Å². The molecule has 4 N–H and O–H groups in total. The second kappa shape index (κ2) is 17.8. The van der Waals surface area contributed by atoms with Crippen LogP contribution in [-0.4, -0.2) is 23.6 Å². The van der Waals surface area contributed by atoms with E-state index in [2.05, 4.69) is 27.3 Å². The van der Waals surface area contributed by atoms with Crippen LogP contribution in [-0.2, 0) is 9.59 Å². The van der Waals surface area contributed by atoms with E-state index in [1.165, 1.54) is 36.0 Å². The van der Waals surface area contributed by atoms with Crippen LogP contribution >= 0.6 is 23.1 Å². The predicted molar refractivity (Wildman–Crippen MR) is 215 cm³/mol. The normalized spacial score (nSPS) is 11.5. The third kappa shape index (κ3) is 9.60. The maximum absolute atomic E-state index is 14.6. The third-order valence-corrected chi connectivity index (χ3v) is 10.6. The number of carbonyl (C=O) groups is 4. The zero-order valence-corrected chi connectivity index (χ0v) is 30.8. The standard InChI is InChI=1S/C43H32FN5O4S2/c1-27-34(26-45)43(55-37(27)41(52)46-31-19-9-4-10-20-31)49-42(53)38(28-14-5-2-6-15-28)54-33-22-13-21-32(25-33)47-40(51)36(24-30-18-11-12-23-35(30)44)48-39(50)29-16-7-3-8-17-29/h2-25,38H,1H3,(H,46,52)(H,47,51)(H,48,50)(H,49,53)/b36-24-. The van der Waals surface area contributed by atoms with Crippen molar-refractivity contribution < 1.29 is 23.6 Å².